The van der Waals surface area contributed by atoms with Crippen molar-refractivity contribution < 1.29 is 14.5 Å². The first-order valence-corrected chi connectivity index (χ1v) is 7.84. The van der Waals surface area contributed by atoms with E-state index in [9.17, 15) is 14.9 Å². The van der Waals surface area contributed by atoms with Crippen molar-refractivity contribution in [3.63, 3.8) is 0 Å². The first kappa shape index (κ1) is 21.0. The van der Waals surface area contributed by atoms with Crippen molar-refractivity contribution >= 4 is 29.9 Å². The monoisotopic (exact) mass is 370 g/mol. The molecule has 2 N–H and O–H groups in total. The number of nitrogens with zero attached hydrogens (tertiary/aromatic N) is 2. The molecule has 1 aromatic carbocycles. The van der Waals surface area contributed by atoms with Crippen LogP contribution in [-0.2, 0) is 11.3 Å². The molecule has 138 valence electrons. The zero-order valence-electron chi connectivity index (χ0n) is 14.2. The summed E-state index contributed by atoms with van der Waals surface area (Å²) in [4.78, 5) is 26.0. The van der Waals surface area contributed by atoms with Gasteiger partial charge in [-0.1, -0.05) is 0 Å². The molecule has 8 nitrogen and oxygen atoms in total. The number of hydrogen-bond acceptors (Lipinski definition) is 6. The first-order chi connectivity index (χ1) is 11.5. The van der Waals surface area contributed by atoms with Crippen molar-refractivity contribution in [2.75, 3.05) is 20.1 Å². The van der Waals surface area contributed by atoms with Gasteiger partial charge in [-0.15, -0.1) is 12.4 Å². The van der Waals surface area contributed by atoms with E-state index in [0.717, 1.165) is 19.5 Å². The van der Waals surface area contributed by atoms with Crippen molar-refractivity contribution in [3.8, 4) is 0 Å². The van der Waals surface area contributed by atoms with Gasteiger partial charge in [0.25, 0.3) is 5.69 Å². The van der Waals surface area contributed by atoms with Crippen LogP contribution < -0.4 is 10.6 Å². The molecular weight excluding hydrogens is 348 g/mol. The molecular formula is C16H23ClN4O4. The van der Waals surface area contributed by atoms with Gasteiger partial charge in [0.05, 0.1) is 4.92 Å². The summed E-state index contributed by atoms with van der Waals surface area (Å²) in [6.45, 7) is 3.71. The number of non-ortho nitro benzene ring substituents is 1. The third-order valence-corrected chi connectivity index (χ3v) is 4.11. The SMILES string of the molecule is CNC(C(C)=NC(=O)OCc1ccc([N+](=O)[O-])cc1)[C@H]1CCNC1.Cl. The van der Waals surface area contributed by atoms with Crippen molar-refractivity contribution in [1.29, 1.82) is 0 Å². The van der Waals surface area contributed by atoms with Crippen molar-refractivity contribution in [1.82, 2.24) is 10.6 Å². The van der Waals surface area contributed by atoms with Gasteiger partial charge in [-0.05, 0) is 57.1 Å². The number of ether oxygens (including phenoxy) is 1. The number of amides is 1. The van der Waals surface area contributed by atoms with Gasteiger partial charge in [0.15, 0.2) is 0 Å². The first-order valence-electron chi connectivity index (χ1n) is 7.84. The molecule has 0 saturated carbocycles. The van der Waals surface area contributed by atoms with Gasteiger partial charge in [0.1, 0.15) is 6.61 Å². The predicted octanol–water partition coefficient (Wildman–Crippen LogP) is 2.31. The van der Waals surface area contributed by atoms with Crippen LogP contribution in [0.4, 0.5) is 10.5 Å². The summed E-state index contributed by atoms with van der Waals surface area (Å²) in [6, 6.07) is 5.90. The highest BCUT2D eigenvalue weighted by molar-refractivity contribution is 5.95. The van der Waals surface area contributed by atoms with Crippen LogP contribution in [0, 0.1) is 16.0 Å². The van der Waals surface area contributed by atoms with E-state index < -0.39 is 11.0 Å². The molecule has 0 aromatic heterocycles. The lowest BCUT2D eigenvalue weighted by Gasteiger charge is -2.21. The van der Waals surface area contributed by atoms with Crippen LogP contribution >= 0.6 is 12.4 Å². The molecule has 2 rings (SSSR count). The van der Waals surface area contributed by atoms with Gasteiger partial charge in [-0.3, -0.25) is 10.1 Å². The molecule has 2 atom stereocenters. The van der Waals surface area contributed by atoms with Crippen LogP contribution in [0.5, 0.6) is 0 Å². The number of aliphatic imine (C=N–C) groups is 1. The van der Waals surface area contributed by atoms with E-state index in [1.165, 1.54) is 12.1 Å². The molecule has 1 saturated heterocycles. The summed E-state index contributed by atoms with van der Waals surface area (Å²) in [6.07, 6.45) is 0.382. The molecule has 1 unspecified atom stereocenters. The van der Waals surface area contributed by atoms with E-state index in [1.807, 2.05) is 14.0 Å². The molecule has 1 aliphatic rings. The van der Waals surface area contributed by atoms with Crippen LogP contribution in [0.3, 0.4) is 0 Å². The lowest BCUT2D eigenvalue weighted by atomic mass is 9.95. The van der Waals surface area contributed by atoms with E-state index in [2.05, 4.69) is 15.6 Å². The Morgan fingerprint density at radius 3 is 2.68 bits per heavy atom. The second-order valence-corrected chi connectivity index (χ2v) is 5.75. The van der Waals surface area contributed by atoms with E-state index in [0.29, 0.717) is 17.2 Å². The molecule has 1 aliphatic heterocycles. The number of benzene rings is 1. The summed E-state index contributed by atoms with van der Waals surface area (Å²) in [7, 11) is 1.85. The quantitative estimate of drug-likeness (QED) is 0.452. The van der Waals surface area contributed by atoms with Crippen LogP contribution in [-0.4, -0.2) is 42.9 Å². The minimum Gasteiger partial charge on any atom is -0.443 e. The van der Waals surface area contributed by atoms with Crippen LogP contribution in [0.25, 0.3) is 0 Å². The topological polar surface area (TPSA) is 106 Å². The minimum atomic E-state index is -0.656. The number of carbonyl (C=O) groups excluding carboxylic acids is 1. The molecule has 1 aromatic rings. The zero-order valence-corrected chi connectivity index (χ0v) is 15.0. The van der Waals surface area contributed by atoms with Crippen LogP contribution in [0.2, 0.25) is 0 Å². The maximum atomic E-state index is 11.9. The average Bonchev–Trinajstić information content (AvgIpc) is 3.08. The number of carbonyl (C=O) groups is 1. The number of nitrogens with one attached hydrogen (secondary N) is 2. The molecule has 1 heterocycles. The van der Waals surface area contributed by atoms with E-state index in [-0.39, 0.29) is 30.7 Å². The second-order valence-electron chi connectivity index (χ2n) is 5.75. The normalized spacial score (nSPS) is 18.3. The Balaban J connectivity index is 0.00000312. The molecule has 0 aliphatic carbocycles. The highest BCUT2D eigenvalue weighted by atomic mass is 35.5. The zero-order chi connectivity index (χ0) is 17.5. The van der Waals surface area contributed by atoms with Crippen molar-refractivity contribution in [2.45, 2.75) is 26.0 Å². The summed E-state index contributed by atoms with van der Waals surface area (Å²) < 4.78 is 5.12. The second kappa shape index (κ2) is 10.1. The summed E-state index contributed by atoms with van der Waals surface area (Å²) in [5, 5.41) is 17.1. The smallest absolute Gasteiger partial charge is 0.433 e. The van der Waals surface area contributed by atoms with E-state index in [1.54, 1.807) is 12.1 Å². The lowest BCUT2D eigenvalue weighted by Crippen LogP contribution is -2.41. The number of nitro benzene ring substituents is 1. The average molecular weight is 371 g/mol. The third kappa shape index (κ3) is 6.08. The van der Waals surface area contributed by atoms with Crippen molar-refractivity contribution in [2.24, 2.45) is 10.9 Å². The van der Waals surface area contributed by atoms with Gasteiger partial charge < -0.3 is 15.4 Å². The molecule has 0 spiro atoms. The maximum Gasteiger partial charge on any atom is 0.433 e. The van der Waals surface area contributed by atoms with Crippen molar-refractivity contribution in [3.05, 3.63) is 39.9 Å². The molecule has 25 heavy (non-hydrogen) atoms. The van der Waals surface area contributed by atoms with Gasteiger partial charge in [-0.25, -0.2) is 4.79 Å². The fourth-order valence-corrected chi connectivity index (χ4v) is 2.85. The number of hydrogen-bond donors (Lipinski definition) is 2. The number of halogens is 1. The molecule has 9 heteroatoms. The van der Waals surface area contributed by atoms with Crippen LogP contribution in [0.15, 0.2) is 29.3 Å². The van der Waals surface area contributed by atoms with E-state index >= 15 is 0 Å². The minimum absolute atomic E-state index is 0. The third-order valence-electron chi connectivity index (χ3n) is 4.11. The Bertz CT molecular complexity index is 615. The maximum absolute atomic E-state index is 11.9. The van der Waals surface area contributed by atoms with Gasteiger partial charge in [0, 0.05) is 23.9 Å². The summed E-state index contributed by atoms with van der Waals surface area (Å²) >= 11 is 0. The Morgan fingerprint density at radius 1 is 1.48 bits per heavy atom. The number of nitro groups is 1. The fraction of sp³-hybridized carbons (Fsp3) is 0.500. The van der Waals surface area contributed by atoms with Crippen LogP contribution in [0.1, 0.15) is 18.9 Å². The molecule has 0 bridgehead atoms. The van der Waals surface area contributed by atoms with E-state index in [4.69, 9.17) is 4.74 Å². The summed E-state index contributed by atoms with van der Waals surface area (Å²) in [5.74, 6) is 0.404. The highest BCUT2D eigenvalue weighted by Crippen LogP contribution is 2.15. The van der Waals surface area contributed by atoms with Gasteiger partial charge >= 0.3 is 6.09 Å². The molecule has 1 amide bonds. The van der Waals surface area contributed by atoms with Gasteiger partial charge in [-0.2, -0.15) is 4.99 Å². The Labute approximate surface area is 152 Å². The Morgan fingerprint density at radius 2 is 2.16 bits per heavy atom. The lowest BCUT2D eigenvalue weighted by molar-refractivity contribution is -0.384. The Kier molecular flexibility index (Phi) is 8.47. The molecule has 0 radical (unpaired) electrons. The largest absolute Gasteiger partial charge is 0.443 e. The Hall–Kier alpha value is -2.03. The van der Waals surface area contributed by atoms with Gasteiger partial charge in [0.2, 0.25) is 0 Å². The predicted molar refractivity (Wildman–Crippen MR) is 97.5 cm³/mol. The standard InChI is InChI=1S/C16H22N4O4.ClH/c1-11(15(17-2)13-7-8-18-9-13)19-16(21)24-10-12-3-5-14(6-4-12)20(22)23;/h3-6,13,15,17-18H,7-10H2,1-2H3;1H/t13-,15?;/m0./s1. The fourth-order valence-electron chi connectivity index (χ4n) is 2.85. The number of rotatable bonds is 6. The summed E-state index contributed by atoms with van der Waals surface area (Å²) in [5.41, 5.74) is 1.37. The highest BCUT2D eigenvalue weighted by Gasteiger charge is 2.26. The molecule has 1 fully saturated rings.